The molecule has 1 fully saturated rings. The van der Waals surface area contributed by atoms with Gasteiger partial charge in [-0.2, -0.15) is 5.10 Å². The van der Waals surface area contributed by atoms with Crippen LogP contribution in [0.25, 0.3) is 0 Å². The van der Waals surface area contributed by atoms with Gasteiger partial charge in [0.15, 0.2) is 0 Å². The van der Waals surface area contributed by atoms with E-state index in [1.807, 2.05) is 0 Å². The molecule has 23 heavy (non-hydrogen) atoms. The van der Waals surface area contributed by atoms with Crippen molar-refractivity contribution in [3.63, 3.8) is 0 Å². The largest absolute Gasteiger partial charge is 0.338 e. The van der Waals surface area contributed by atoms with E-state index in [0.717, 1.165) is 30.7 Å². The molecule has 1 amide bonds. The van der Waals surface area contributed by atoms with Gasteiger partial charge in [0, 0.05) is 23.2 Å². The van der Waals surface area contributed by atoms with Crippen LogP contribution in [0, 0.1) is 0 Å². The first-order valence-corrected chi connectivity index (χ1v) is 7.75. The van der Waals surface area contributed by atoms with Crippen LogP contribution in [-0.2, 0) is 24.2 Å². The van der Waals surface area contributed by atoms with Crippen LogP contribution in [0.15, 0.2) is 10.6 Å². The fraction of sp³-hybridized carbons (Fsp3) is 0.533. The summed E-state index contributed by atoms with van der Waals surface area (Å²) < 4.78 is 32.5. The lowest BCUT2D eigenvalue weighted by atomic mass is 10.2. The monoisotopic (exact) mass is 322 g/mol. The van der Waals surface area contributed by atoms with E-state index in [0.29, 0.717) is 24.3 Å². The summed E-state index contributed by atoms with van der Waals surface area (Å²) in [5.41, 5.74) is 2.00. The molecule has 0 aromatic carbocycles. The van der Waals surface area contributed by atoms with Gasteiger partial charge in [0.05, 0.1) is 5.69 Å². The number of hydrogen-bond donors (Lipinski definition) is 1. The second kappa shape index (κ2) is 5.43. The molecule has 0 atom stereocenters. The maximum absolute atomic E-state index is 13.0. The number of amides is 1. The molecule has 2 aromatic rings. The lowest BCUT2D eigenvalue weighted by Gasteiger charge is -2.05. The van der Waals surface area contributed by atoms with Gasteiger partial charge >= 0.3 is 0 Å². The average molecular weight is 322 g/mol. The van der Waals surface area contributed by atoms with Gasteiger partial charge < -0.3 is 4.52 Å². The first-order valence-electron chi connectivity index (χ1n) is 7.75. The van der Waals surface area contributed by atoms with E-state index in [1.165, 1.54) is 4.68 Å². The van der Waals surface area contributed by atoms with E-state index in [-0.39, 0.29) is 24.0 Å². The Balaban J connectivity index is 1.47. The number of alkyl halides is 2. The van der Waals surface area contributed by atoms with Gasteiger partial charge in [0.25, 0.3) is 6.43 Å². The predicted molar refractivity (Wildman–Crippen MR) is 76.3 cm³/mol. The third-order valence-corrected chi connectivity index (χ3v) is 4.32. The first-order chi connectivity index (χ1) is 11.1. The zero-order chi connectivity index (χ0) is 16.0. The van der Waals surface area contributed by atoms with Gasteiger partial charge in [-0.05, 0) is 32.1 Å². The van der Waals surface area contributed by atoms with E-state index in [9.17, 15) is 13.6 Å². The second-order valence-corrected chi connectivity index (χ2v) is 6.06. The first kappa shape index (κ1) is 14.3. The van der Waals surface area contributed by atoms with Crippen LogP contribution in [0.2, 0.25) is 0 Å². The van der Waals surface area contributed by atoms with Crippen LogP contribution in [0.3, 0.4) is 0 Å². The minimum absolute atomic E-state index is 0.103. The van der Waals surface area contributed by atoms with Crippen molar-refractivity contribution >= 4 is 11.8 Å². The Bertz CT molecular complexity index is 749. The quantitative estimate of drug-likeness (QED) is 0.918. The van der Waals surface area contributed by atoms with Crippen molar-refractivity contribution in [2.24, 2.45) is 0 Å². The Morgan fingerprint density at radius 3 is 3.00 bits per heavy atom. The molecular formula is C15H16F2N4O2. The minimum atomic E-state index is -2.61. The molecule has 1 saturated carbocycles. The SMILES string of the molecule is O=C(Cn1nc(C(F)F)c2c1CCC2)Nc1cc(C2CC2)no1. The van der Waals surface area contributed by atoms with Crippen LogP contribution in [0.5, 0.6) is 0 Å². The van der Waals surface area contributed by atoms with E-state index in [1.54, 1.807) is 6.07 Å². The summed E-state index contributed by atoms with van der Waals surface area (Å²) in [5, 5.41) is 10.4. The van der Waals surface area contributed by atoms with Crippen molar-refractivity contribution < 1.29 is 18.1 Å². The maximum Gasteiger partial charge on any atom is 0.282 e. The third-order valence-electron chi connectivity index (χ3n) is 4.32. The highest BCUT2D eigenvalue weighted by atomic mass is 19.3. The van der Waals surface area contributed by atoms with Crippen molar-refractivity contribution in [3.05, 3.63) is 28.7 Å². The molecule has 6 nitrogen and oxygen atoms in total. The Morgan fingerprint density at radius 2 is 2.26 bits per heavy atom. The molecular weight excluding hydrogens is 306 g/mol. The van der Waals surface area contributed by atoms with Crippen LogP contribution in [-0.4, -0.2) is 20.8 Å². The standard InChI is InChI=1S/C15H16F2N4O2/c16-15(17)14-9-2-1-3-11(9)21(19-14)7-12(22)18-13-6-10(20-23-13)8-4-5-8/h6,8,15H,1-5,7H2,(H,18,22). The van der Waals surface area contributed by atoms with Crippen LogP contribution < -0.4 is 5.32 Å². The molecule has 2 aromatic heterocycles. The molecule has 2 heterocycles. The molecule has 122 valence electrons. The maximum atomic E-state index is 13.0. The van der Waals surface area contributed by atoms with E-state index in [4.69, 9.17) is 4.52 Å². The fourth-order valence-corrected chi connectivity index (χ4v) is 3.08. The Labute approximate surface area is 130 Å². The molecule has 0 aliphatic heterocycles. The summed E-state index contributed by atoms with van der Waals surface area (Å²) >= 11 is 0. The van der Waals surface area contributed by atoms with Gasteiger partial charge in [0.1, 0.15) is 12.2 Å². The van der Waals surface area contributed by atoms with Crippen LogP contribution in [0.1, 0.15) is 54.3 Å². The van der Waals surface area contributed by atoms with Crippen molar-refractivity contribution in [3.8, 4) is 0 Å². The second-order valence-electron chi connectivity index (χ2n) is 6.06. The highest BCUT2D eigenvalue weighted by molar-refractivity contribution is 5.89. The molecule has 0 saturated heterocycles. The smallest absolute Gasteiger partial charge is 0.282 e. The zero-order valence-corrected chi connectivity index (χ0v) is 12.4. The number of nitrogens with zero attached hydrogens (tertiary/aromatic N) is 3. The van der Waals surface area contributed by atoms with Crippen molar-refractivity contribution in [2.75, 3.05) is 5.32 Å². The fourth-order valence-electron chi connectivity index (χ4n) is 3.08. The molecule has 4 rings (SSSR count). The van der Waals surface area contributed by atoms with Gasteiger partial charge in [0.2, 0.25) is 11.8 Å². The van der Waals surface area contributed by atoms with Crippen LogP contribution >= 0.6 is 0 Å². The number of carbonyl (C=O) groups excluding carboxylic acids is 1. The highest BCUT2D eigenvalue weighted by Gasteiger charge is 2.29. The topological polar surface area (TPSA) is 73.0 Å². The Hall–Kier alpha value is -2.25. The molecule has 1 N–H and O–H groups in total. The summed E-state index contributed by atoms with van der Waals surface area (Å²) in [4.78, 5) is 12.1. The normalized spacial score (nSPS) is 16.8. The Kier molecular flexibility index (Phi) is 3.39. The van der Waals surface area contributed by atoms with Gasteiger partial charge in [-0.1, -0.05) is 5.16 Å². The number of halogens is 2. The Morgan fingerprint density at radius 1 is 1.43 bits per heavy atom. The lowest BCUT2D eigenvalue weighted by Crippen LogP contribution is -2.20. The predicted octanol–water partition coefficient (Wildman–Crippen LogP) is 2.81. The summed E-state index contributed by atoms with van der Waals surface area (Å²) in [6, 6.07) is 1.72. The number of aromatic nitrogens is 3. The number of carbonyl (C=O) groups is 1. The molecule has 2 aliphatic rings. The lowest BCUT2D eigenvalue weighted by molar-refractivity contribution is -0.117. The van der Waals surface area contributed by atoms with Gasteiger partial charge in [-0.3, -0.25) is 14.8 Å². The van der Waals surface area contributed by atoms with Crippen molar-refractivity contribution in [2.45, 2.75) is 51.0 Å². The average Bonchev–Trinajstić information content (AvgIpc) is 2.94. The summed E-state index contributed by atoms with van der Waals surface area (Å²) in [6.45, 7) is -0.103. The van der Waals surface area contributed by atoms with E-state index in [2.05, 4.69) is 15.6 Å². The third kappa shape index (κ3) is 2.73. The van der Waals surface area contributed by atoms with Crippen LogP contribution in [0.4, 0.5) is 14.7 Å². The molecule has 0 bridgehead atoms. The van der Waals surface area contributed by atoms with Crippen molar-refractivity contribution in [1.82, 2.24) is 14.9 Å². The number of hydrogen-bond acceptors (Lipinski definition) is 4. The molecule has 0 spiro atoms. The molecule has 2 aliphatic carbocycles. The highest BCUT2D eigenvalue weighted by Crippen LogP contribution is 2.40. The summed E-state index contributed by atoms with van der Waals surface area (Å²) in [6.07, 6.45) is 1.67. The van der Waals surface area contributed by atoms with Gasteiger partial charge in [-0.15, -0.1) is 0 Å². The van der Waals surface area contributed by atoms with E-state index < -0.39 is 6.43 Å². The number of anilines is 1. The number of rotatable bonds is 5. The number of nitrogens with one attached hydrogen (secondary N) is 1. The van der Waals surface area contributed by atoms with Crippen molar-refractivity contribution in [1.29, 1.82) is 0 Å². The minimum Gasteiger partial charge on any atom is -0.338 e. The summed E-state index contributed by atoms with van der Waals surface area (Å²) in [5.74, 6) is 0.365. The molecule has 0 radical (unpaired) electrons. The molecule has 0 unspecified atom stereocenters. The number of fused-ring (bicyclic) bond motifs is 1. The van der Waals surface area contributed by atoms with Gasteiger partial charge in [-0.25, -0.2) is 8.78 Å². The zero-order valence-electron chi connectivity index (χ0n) is 12.4. The summed E-state index contributed by atoms with van der Waals surface area (Å²) in [7, 11) is 0. The van der Waals surface area contributed by atoms with E-state index >= 15 is 0 Å². The molecule has 8 heteroatoms.